The molecule has 1 amide bonds. The minimum absolute atomic E-state index is 0.134. The first-order valence-electron chi connectivity index (χ1n) is 8.79. The van der Waals surface area contributed by atoms with Crippen molar-refractivity contribution in [2.45, 2.75) is 26.9 Å². The number of nitrogens with one attached hydrogen (secondary N) is 1. The first-order valence-corrected chi connectivity index (χ1v) is 8.79. The zero-order valence-electron chi connectivity index (χ0n) is 15.7. The summed E-state index contributed by atoms with van der Waals surface area (Å²) in [6.07, 6.45) is 0.851. The Morgan fingerprint density at radius 2 is 2.00 bits per heavy atom. The molecule has 0 saturated heterocycles. The molecule has 3 heterocycles. The van der Waals surface area contributed by atoms with Crippen LogP contribution >= 0.6 is 0 Å². The van der Waals surface area contributed by atoms with E-state index in [0.717, 1.165) is 5.56 Å². The number of carbonyl (C=O) groups excluding carboxylic acids is 1. The maximum atomic E-state index is 12.8. The normalized spacial score (nSPS) is 13.4. The predicted molar refractivity (Wildman–Crippen MR) is 102 cm³/mol. The van der Waals surface area contributed by atoms with E-state index in [2.05, 4.69) is 10.3 Å². The largest absolute Gasteiger partial charge is 0.481 e. The van der Waals surface area contributed by atoms with Gasteiger partial charge in [0, 0.05) is 12.3 Å². The fourth-order valence-corrected chi connectivity index (χ4v) is 2.93. The summed E-state index contributed by atoms with van der Waals surface area (Å²) in [5, 5.41) is 2.65. The molecule has 1 aliphatic rings. The number of aromatic nitrogens is 2. The molecule has 0 radical (unpaired) electrons. The number of nitrogens with zero attached hydrogens (tertiary/aromatic N) is 2. The lowest BCUT2D eigenvalue weighted by Gasteiger charge is -2.16. The van der Waals surface area contributed by atoms with E-state index in [0.29, 0.717) is 28.6 Å². The third-order valence-corrected chi connectivity index (χ3v) is 4.43. The van der Waals surface area contributed by atoms with Crippen molar-refractivity contribution in [1.82, 2.24) is 9.38 Å². The van der Waals surface area contributed by atoms with Crippen LogP contribution in [0.4, 0.5) is 5.69 Å². The van der Waals surface area contributed by atoms with Gasteiger partial charge in [-0.2, -0.15) is 0 Å². The minimum Gasteiger partial charge on any atom is -0.481 e. The third-order valence-electron chi connectivity index (χ3n) is 4.43. The van der Waals surface area contributed by atoms with E-state index in [4.69, 9.17) is 14.2 Å². The van der Waals surface area contributed by atoms with Gasteiger partial charge < -0.3 is 19.5 Å². The summed E-state index contributed by atoms with van der Waals surface area (Å²) in [6, 6.07) is 8.71. The number of benzene rings is 1. The Hall–Kier alpha value is -3.55. The van der Waals surface area contributed by atoms with Gasteiger partial charge in [0.05, 0.1) is 5.69 Å². The lowest BCUT2D eigenvalue weighted by atomic mass is 10.2. The predicted octanol–water partition coefficient (Wildman–Crippen LogP) is 2.45. The van der Waals surface area contributed by atoms with E-state index < -0.39 is 12.0 Å². The van der Waals surface area contributed by atoms with Crippen molar-refractivity contribution in [2.24, 2.45) is 0 Å². The Bertz CT molecular complexity index is 1140. The van der Waals surface area contributed by atoms with Crippen LogP contribution in [0.15, 0.2) is 41.3 Å². The van der Waals surface area contributed by atoms with Gasteiger partial charge in [-0.05, 0) is 44.5 Å². The van der Waals surface area contributed by atoms with Gasteiger partial charge in [-0.25, -0.2) is 4.98 Å². The second-order valence-electron chi connectivity index (χ2n) is 6.58. The van der Waals surface area contributed by atoms with E-state index in [1.165, 1.54) is 4.40 Å². The highest BCUT2D eigenvalue weighted by Crippen LogP contribution is 2.35. The smallest absolute Gasteiger partial charge is 0.281 e. The van der Waals surface area contributed by atoms with Crippen molar-refractivity contribution in [2.75, 3.05) is 12.1 Å². The van der Waals surface area contributed by atoms with Gasteiger partial charge in [0.2, 0.25) is 6.79 Å². The monoisotopic (exact) mass is 381 g/mol. The Morgan fingerprint density at radius 1 is 1.21 bits per heavy atom. The molecule has 1 aromatic carbocycles. The van der Waals surface area contributed by atoms with Crippen LogP contribution < -0.4 is 25.1 Å². The Kier molecular flexibility index (Phi) is 4.38. The van der Waals surface area contributed by atoms with Gasteiger partial charge in [0.1, 0.15) is 17.1 Å². The summed E-state index contributed by atoms with van der Waals surface area (Å²) in [4.78, 5) is 29.8. The number of hydrogen-bond donors (Lipinski definition) is 1. The molecule has 1 unspecified atom stereocenters. The van der Waals surface area contributed by atoms with Crippen LogP contribution in [-0.4, -0.2) is 28.2 Å². The van der Waals surface area contributed by atoms with Gasteiger partial charge in [-0.3, -0.25) is 14.0 Å². The van der Waals surface area contributed by atoms with Crippen molar-refractivity contribution in [3.05, 3.63) is 58.1 Å². The molecular weight excluding hydrogens is 362 g/mol. The lowest BCUT2D eigenvalue weighted by Crippen LogP contribution is -2.33. The fourth-order valence-electron chi connectivity index (χ4n) is 2.93. The van der Waals surface area contributed by atoms with Crippen molar-refractivity contribution in [3.63, 3.8) is 0 Å². The zero-order valence-corrected chi connectivity index (χ0v) is 15.7. The van der Waals surface area contributed by atoms with E-state index in [9.17, 15) is 9.59 Å². The van der Waals surface area contributed by atoms with Gasteiger partial charge in [0.25, 0.3) is 11.5 Å². The molecule has 1 atom stereocenters. The Morgan fingerprint density at radius 3 is 2.82 bits per heavy atom. The quantitative estimate of drug-likeness (QED) is 0.746. The van der Waals surface area contributed by atoms with Gasteiger partial charge in [-0.1, -0.05) is 6.07 Å². The summed E-state index contributed by atoms with van der Waals surface area (Å²) in [5.41, 5.74) is 1.68. The number of fused-ring (bicyclic) bond motifs is 2. The average Bonchev–Trinajstić information content (AvgIpc) is 3.13. The van der Waals surface area contributed by atoms with E-state index in [1.54, 1.807) is 44.3 Å². The van der Waals surface area contributed by atoms with Gasteiger partial charge >= 0.3 is 0 Å². The summed E-state index contributed by atoms with van der Waals surface area (Å²) >= 11 is 0. The van der Waals surface area contributed by atoms with Crippen molar-refractivity contribution >= 4 is 17.2 Å². The molecule has 8 nitrogen and oxygen atoms in total. The first-order chi connectivity index (χ1) is 13.4. The van der Waals surface area contributed by atoms with Crippen molar-refractivity contribution in [3.8, 4) is 17.2 Å². The van der Waals surface area contributed by atoms with E-state index >= 15 is 0 Å². The molecule has 0 fully saturated rings. The third kappa shape index (κ3) is 3.24. The molecule has 1 N–H and O–H groups in total. The average molecular weight is 381 g/mol. The highest BCUT2D eigenvalue weighted by atomic mass is 16.7. The molecular formula is C20H19N3O5. The molecule has 2 aromatic heterocycles. The van der Waals surface area contributed by atoms with E-state index in [-0.39, 0.29) is 18.0 Å². The van der Waals surface area contributed by atoms with Gasteiger partial charge in [0.15, 0.2) is 17.6 Å². The highest BCUT2D eigenvalue weighted by Gasteiger charge is 2.20. The van der Waals surface area contributed by atoms with Crippen LogP contribution in [0.3, 0.4) is 0 Å². The number of anilines is 1. The lowest BCUT2D eigenvalue weighted by molar-refractivity contribution is -0.122. The maximum Gasteiger partial charge on any atom is 0.281 e. The summed E-state index contributed by atoms with van der Waals surface area (Å²) in [7, 11) is 0. The molecule has 0 saturated carbocycles. The molecule has 0 aliphatic carbocycles. The molecule has 4 rings (SSSR count). The molecule has 28 heavy (non-hydrogen) atoms. The molecule has 0 bridgehead atoms. The van der Waals surface area contributed by atoms with Crippen LogP contribution in [-0.2, 0) is 4.79 Å². The number of ether oxygens (including phenoxy) is 3. The van der Waals surface area contributed by atoms with Crippen molar-refractivity contribution in [1.29, 1.82) is 0 Å². The zero-order chi connectivity index (χ0) is 19.8. The van der Waals surface area contributed by atoms with Gasteiger partial charge in [-0.15, -0.1) is 0 Å². The van der Waals surface area contributed by atoms with Crippen LogP contribution in [0, 0.1) is 13.8 Å². The number of amides is 1. The molecule has 1 aliphatic heterocycles. The first kappa shape index (κ1) is 17.8. The fraction of sp³-hybridized carbons (Fsp3) is 0.250. The number of carbonyl (C=O) groups is 1. The number of hydrogen-bond acceptors (Lipinski definition) is 6. The Balaban J connectivity index is 1.55. The number of aryl methyl sites for hydroxylation is 2. The molecule has 3 aromatic rings. The molecule has 144 valence electrons. The number of pyridine rings is 1. The molecule has 0 spiro atoms. The van der Waals surface area contributed by atoms with Crippen molar-refractivity contribution < 1.29 is 19.0 Å². The van der Waals surface area contributed by atoms with Crippen LogP contribution in [0.5, 0.6) is 17.2 Å². The summed E-state index contributed by atoms with van der Waals surface area (Å²) in [6.45, 7) is 5.32. The maximum absolute atomic E-state index is 12.8. The second kappa shape index (κ2) is 6.88. The standard InChI is InChI=1S/C20H19N3O5/c1-11-4-7-17-21-12(2)18(20(25)23(17)9-11)22-19(24)13(3)28-14-5-6-15-16(8-14)27-10-26-15/h4-9,13H,10H2,1-3H3,(H,22,24). The van der Waals surface area contributed by atoms with E-state index in [1.807, 2.05) is 13.0 Å². The second-order valence-corrected chi connectivity index (χ2v) is 6.58. The Labute approximate surface area is 160 Å². The van der Waals surface area contributed by atoms with Crippen LogP contribution in [0.2, 0.25) is 0 Å². The number of rotatable bonds is 4. The summed E-state index contributed by atoms with van der Waals surface area (Å²) in [5.74, 6) is 1.21. The van der Waals surface area contributed by atoms with Crippen LogP contribution in [0.25, 0.3) is 5.65 Å². The topological polar surface area (TPSA) is 91.2 Å². The summed E-state index contributed by atoms with van der Waals surface area (Å²) < 4.78 is 17.7. The van der Waals surface area contributed by atoms with Crippen LogP contribution in [0.1, 0.15) is 18.2 Å². The molecule has 8 heteroatoms. The minimum atomic E-state index is -0.836. The SMILES string of the molecule is Cc1ccc2nc(C)c(NC(=O)C(C)Oc3ccc4c(c3)OCO4)c(=O)n2c1. The highest BCUT2D eigenvalue weighted by molar-refractivity contribution is 5.94.